The minimum absolute atomic E-state index is 0.362. The molecule has 1 heterocycles. The van der Waals surface area contributed by atoms with E-state index in [-0.39, 0.29) is 6.10 Å². The van der Waals surface area contributed by atoms with Gasteiger partial charge in [0.1, 0.15) is 0 Å². The van der Waals surface area contributed by atoms with Crippen molar-refractivity contribution >= 4 is 11.3 Å². The van der Waals surface area contributed by atoms with E-state index in [1.807, 2.05) is 23.8 Å². The van der Waals surface area contributed by atoms with E-state index in [0.29, 0.717) is 6.42 Å². The van der Waals surface area contributed by atoms with Crippen LogP contribution in [0.25, 0.3) is 0 Å². The maximum absolute atomic E-state index is 9.53. The second kappa shape index (κ2) is 3.69. The van der Waals surface area contributed by atoms with Gasteiger partial charge in [-0.2, -0.15) is 11.3 Å². The van der Waals surface area contributed by atoms with Crippen LogP contribution in [0.15, 0.2) is 29.0 Å². The number of rotatable bonds is 3. The molecule has 1 rings (SSSR count). The van der Waals surface area contributed by atoms with Gasteiger partial charge in [-0.05, 0) is 35.7 Å². The van der Waals surface area contributed by atoms with E-state index in [1.54, 1.807) is 11.3 Å². The monoisotopic (exact) mass is 168 g/mol. The van der Waals surface area contributed by atoms with Crippen LogP contribution in [-0.4, -0.2) is 5.11 Å². The van der Waals surface area contributed by atoms with Crippen LogP contribution in [-0.2, 0) is 0 Å². The summed E-state index contributed by atoms with van der Waals surface area (Å²) >= 11 is 1.61. The molecule has 0 saturated heterocycles. The van der Waals surface area contributed by atoms with Crippen LogP contribution in [0, 0.1) is 0 Å². The third-order valence-corrected chi connectivity index (χ3v) is 2.17. The molecule has 0 bridgehead atoms. The van der Waals surface area contributed by atoms with Gasteiger partial charge in [-0.15, -0.1) is 6.58 Å². The fraction of sp³-hybridized carbons (Fsp3) is 0.333. The quantitative estimate of drug-likeness (QED) is 0.688. The van der Waals surface area contributed by atoms with Crippen molar-refractivity contribution in [2.45, 2.75) is 19.4 Å². The Kier molecular flexibility index (Phi) is 2.85. The summed E-state index contributed by atoms with van der Waals surface area (Å²) in [6.45, 7) is 5.67. The van der Waals surface area contributed by atoms with Crippen molar-refractivity contribution in [1.82, 2.24) is 0 Å². The summed E-state index contributed by atoms with van der Waals surface area (Å²) in [5, 5.41) is 13.5. The number of aliphatic hydroxyl groups excluding tert-OH is 1. The highest BCUT2D eigenvalue weighted by atomic mass is 32.1. The number of hydrogen-bond donors (Lipinski definition) is 1. The van der Waals surface area contributed by atoms with Gasteiger partial charge >= 0.3 is 0 Å². The molecular formula is C9H12OS. The third-order valence-electron chi connectivity index (χ3n) is 1.47. The molecule has 1 aromatic rings. The summed E-state index contributed by atoms with van der Waals surface area (Å²) < 4.78 is 0. The molecule has 1 N–H and O–H groups in total. The van der Waals surface area contributed by atoms with Crippen LogP contribution in [0.3, 0.4) is 0 Å². The molecule has 1 unspecified atom stereocenters. The molecule has 1 atom stereocenters. The number of hydrogen-bond acceptors (Lipinski definition) is 2. The fourth-order valence-corrected chi connectivity index (χ4v) is 1.62. The Labute approximate surface area is 71.0 Å². The normalized spacial score (nSPS) is 12.9. The summed E-state index contributed by atoms with van der Waals surface area (Å²) in [5.74, 6) is 0. The summed E-state index contributed by atoms with van der Waals surface area (Å²) in [7, 11) is 0. The Bertz CT molecular complexity index is 226. The molecule has 0 saturated carbocycles. The van der Waals surface area contributed by atoms with Crippen LogP contribution < -0.4 is 0 Å². The molecule has 1 aromatic heterocycles. The van der Waals surface area contributed by atoms with Crippen molar-refractivity contribution < 1.29 is 5.11 Å². The largest absolute Gasteiger partial charge is 0.388 e. The Morgan fingerprint density at radius 2 is 2.55 bits per heavy atom. The number of thiophene rings is 1. The second-order valence-electron chi connectivity index (χ2n) is 2.73. The maximum Gasteiger partial charge on any atom is 0.0834 e. The van der Waals surface area contributed by atoms with E-state index in [0.717, 1.165) is 11.1 Å². The van der Waals surface area contributed by atoms with Crippen molar-refractivity contribution in [3.8, 4) is 0 Å². The van der Waals surface area contributed by atoms with Gasteiger partial charge < -0.3 is 5.11 Å². The standard InChI is InChI=1S/C9H12OS/c1-7(2)5-9(10)8-3-4-11-6-8/h3-4,6,9-10H,1,5H2,2H3. The summed E-state index contributed by atoms with van der Waals surface area (Å²) in [4.78, 5) is 0. The van der Waals surface area contributed by atoms with Crippen LogP contribution in [0.2, 0.25) is 0 Å². The lowest BCUT2D eigenvalue weighted by molar-refractivity contribution is 0.179. The van der Waals surface area contributed by atoms with Crippen LogP contribution >= 0.6 is 11.3 Å². The van der Waals surface area contributed by atoms with Gasteiger partial charge in [0.15, 0.2) is 0 Å². The first-order valence-electron chi connectivity index (χ1n) is 3.54. The van der Waals surface area contributed by atoms with Gasteiger partial charge in [0.05, 0.1) is 6.10 Å². The van der Waals surface area contributed by atoms with Gasteiger partial charge in [-0.1, -0.05) is 5.57 Å². The zero-order valence-electron chi connectivity index (χ0n) is 6.58. The van der Waals surface area contributed by atoms with Gasteiger partial charge in [-0.25, -0.2) is 0 Å². The third kappa shape index (κ3) is 2.48. The minimum Gasteiger partial charge on any atom is -0.388 e. The predicted octanol–water partition coefficient (Wildman–Crippen LogP) is 2.75. The summed E-state index contributed by atoms with van der Waals surface area (Å²) in [6.07, 6.45) is 0.301. The van der Waals surface area contributed by atoms with Crippen LogP contribution in [0.1, 0.15) is 25.0 Å². The van der Waals surface area contributed by atoms with Gasteiger partial charge in [0.2, 0.25) is 0 Å². The maximum atomic E-state index is 9.53. The summed E-state index contributed by atoms with van der Waals surface area (Å²) in [5.41, 5.74) is 2.02. The van der Waals surface area contributed by atoms with Crippen molar-refractivity contribution in [3.05, 3.63) is 34.5 Å². The van der Waals surface area contributed by atoms with Gasteiger partial charge in [0, 0.05) is 0 Å². The zero-order valence-corrected chi connectivity index (χ0v) is 7.40. The van der Waals surface area contributed by atoms with Gasteiger partial charge in [0.25, 0.3) is 0 Å². The first-order chi connectivity index (χ1) is 5.20. The Morgan fingerprint density at radius 3 is 3.00 bits per heavy atom. The molecule has 0 aliphatic rings. The fourth-order valence-electron chi connectivity index (χ4n) is 0.913. The molecule has 0 aromatic carbocycles. The lowest BCUT2D eigenvalue weighted by Gasteiger charge is -2.06. The van der Waals surface area contributed by atoms with Crippen LogP contribution in [0.4, 0.5) is 0 Å². The molecule has 0 spiro atoms. The lowest BCUT2D eigenvalue weighted by atomic mass is 10.1. The van der Waals surface area contributed by atoms with Gasteiger partial charge in [-0.3, -0.25) is 0 Å². The average Bonchev–Trinajstić information content (AvgIpc) is 2.35. The van der Waals surface area contributed by atoms with Crippen molar-refractivity contribution in [1.29, 1.82) is 0 Å². The zero-order chi connectivity index (χ0) is 8.27. The molecule has 0 aliphatic carbocycles. The summed E-state index contributed by atoms with van der Waals surface area (Å²) in [6, 6.07) is 1.94. The van der Waals surface area contributed by atoms with Crippen molar-refractivity contribution in [2.75, 3.05) is 0 Å². The number of aliphatic hydroxyl groups is 1. The molecule has 0 aliphatic heterocycles. The Morgan fingerprint density at radius 1 is 1.82 bits per heavy atom. The van der Waals surface area contributed by atoms with E-state index in [9.17, 15) is 5.11 Å². The topological polar surface area (TPSA) is 20.2 Å². The Balaban J connectivity index is 2.56. The first-order valence-corrected chi connectivity index (χ1v) is 4.49. The second-order valence-corrected chi connectivity index (χ2v) is 3.51. The highest BCUT2D eigenvalue weighted by Gasteiger charge is 2.06. The molecule has 60 valence electrons. The van der Waals surface area contributed by atoms with Crippen LogP contribution in [0.5, 0.6) is 0 Å². The minimum atomic E-state index is -0.362. The Hall–Kier alpha value is -0.600. The van der Waals surface area contributed by atoms with Crippen molar-refractivity contribution in [3.63, 3.8) is 0 Å². The molecular weight excluding hydrogens is 156 g/mol. The average molecular weight is 168 g/mol. The van der Waals surface area contributed by atoms with E-state index in [4.69, 9.17) is 0 Å². The highest BCUT2D eigenvalue weighted by molar-refractivity contribution is 7.07. The van der Waals surface area contributed by atoms with Crippen molar-refractivity contribution in [2.24, 2.45) is 0 Å². The first kappa shape index (κ1) is 8.50. The SMILES string of the molecule is C=C(C)CC(O)c1ccsc1. The molecule has 2 heteroatoms. The molecule has 0 fully saturated rings. The van der Waals surface area contributed by atoms with E-state index in [2.05, 4.69) is 6.58 Å². The lowest BCUT2D eigenvalue weighted by Crippen LogP contribution is -1.94. The van der Waals surface area contributed by atoms with E-state index >= 15 is 0 Å². The molecule has 0 amide bonds. The highest BCUT2D eigenvalue weighted by Crippen LogP contribution is 2.21. The molecule has 0 radical (unpaired) electrons. The predicted molar refractivity (Wildman–Crippen MR) is 48.7 cm³/mol. The smallest absolute Gasteiger partial charge is 0.0834 e. The molecule has 1 nitrogen and oxygen atoms in total. The van der Waals surface area contributed by atoms with E-state index < -0.39 is 0 Å². The molecule has 11 heavy (non-hydrogen) atoms. The van der Waals surface area contributed by atoms with E-state index in [1.165, 1.54) is 0 Å².